The topological polar surface area (TPSA) is 46.5 Å². The third-order valence-electron chi connectivity index (χ3n) is 2.65. The first-order valence-electron chi connectivity index (χ1n) is 4.16. The summed E-state index contributed by atoms with van der Waals surface area (Å²) in [5.41, 5.74) is -0.122. The molecule has 3 unspecified atom stereocenters. The van der Waals surface area contributed by atoms with E-state index in [0.717, 1.165) is 4.48 Å². The van der Waals surface area contributed by atoms with Crippen LogP contribution in [0.4, 0.5) is 4.79 Å². The normalized spacial score (nSPS) is 30.6. The molecule has 0 spiro atoms. The smallest absolute Gasteiger partial charge is 0.450 e. The number of allylic oxidation sites excluding steroid dienone is 1. The van der Waals surface area contributed by atoms with Crippen molar-refractivity contribution in [1.82, 2.24) is 0 Å². The van der Waals surface area contributed by atoms with E-state index in [2.05, 4.69) is 38.4 Å². The standard InChI is InChI=1S/C9H12Br2O3/c1-4(10)6(11)5-7(9(5,2)3)14-8(12)13/h5-7H,1H2,2-3H3,(H,12,13). The van der Waals surface area contributed by atoms with Gasteiger partial charge in [-0.15, -0.1) is 0 Å². The minimum Gasteiger partial charge on any atom is -0.450 e. The van der Waals surface area contributed by atoms with Gasteiger partial charge in [-0.05, 0) is 0 Å². The molecule has 1 rings (SSSR count). The van der Waals surface area contributed by atoms with Crippen molar-refractivity contribution in [2.75, 3.05) is 0 Å². The van der Waals surface area contributed by atoms with Gasteiger partial charge in [-0.3, -0.25) is 0 Å². The second kappa shape index (κ2) is 3.85. The van der Waals surface area contributed by atoms with Crippen molar-refractivity contribution >= 4 is 38.0 Å². The number of carboxylic acid groups (broad SMARTS) is 1. The van der Waals surface area contributed by atoms with Gasteiger partial charge in [-0.2, -0.15) is 0 Å². The van der Waals surface area contributed by atoms with Gasteiger partial charge in [0, 0.05) is 15.8 Å². The SMILES string of the molecule is C=C(Br)C(Br)C1C(OC(=O)O)C1(C)C. The van der Waals surface area contributed by atoms with Gasteiger partial charge < -0.3 is 9.84 Å². The van der Waals surface area contributed by atoms with E-state index in [1.807, 2.05) is 13.8 Å². The third kappa shape index (κ3) is 2.14. The minimum atomic E-state index is -1.22. The maximum absolute atomic E-state index is 10.4. The molecule has 0 aromatic carbocycles. The van der Waals surface area contributed by atoms with Gasteiger partial charge >= 0.3 is 6.16 Å². The van der Waals surface area contributed by atoms with Crippen LogP contribution in [0.15, 0.2) is 11.1 Å². The summed E-state index contributed by atoms with van der Waals surface area (Å²) in [5.74, 6) is 0.144. The Morgan fingerprint density at radius 3 is 2.50 bits per heavy atom. The first-order chi connectivity index (χ1) is 6.28. The molecular weight excluding hydrogens is 316 g/mol. The number of rotatable bonds is 3. The fourth-order valence-corrected chi connectivity index (χ4v) is 2.93. The van der Waals surface area contributed by atoms with Crippen LogP contribution >= 0.6 is 31.9 Å². The van der Waals surface area contributed by atoms with Crippen LogP contribution in [0.1, 0.15) is 13.8 Å². The van der Waals surface area contributed by atoms with Crippen molar-refractivity contribution in [3.63, 3.8) is 0 Å². The van der Waals surface area contributed by atoms with Crippen LogP contribution in [0.2, 0.25) is 0 Å². The molecule has 1 aliphatic rings. The van der Waals surface area contributed by atoms with Gasteiger partial charge in [0.1, 0.15) is 6.10 Å². The fraction of sp³-hybridized carbons (Fsp3) is 0.667. The van der Waals surface area contributed by atoms with Gasteiger partial charge in [0.2, 0.25) is 0 Å². The van der Waals surface area contributed by atoms with Crippen molar-refractivity contribution in [1.29, 1.82) is 0 Å². The van der Waals surface area contributed by atoms with Crippen molar-refractivity contribution in [2.24, 2.45) is 11.3 Å². The van der Waals surface area contributed by atoms with E-state index in [1.165, 1.54) is 0 Å². The molecule has 3 atom stereocenters. The van der Waals surface area contributed by atoms with Crippen molar-refractivity contribution in [2.45, 2.75) is 24.8 Å². The molecule has 0 saturated heterocycles. The van der Waals surface area contributed by atoms with Crippen LogP contribution in [0.5, 0.6) is 0 Å². The first-order valence-corrected chi connectivity index (χ1v) is 5.87. The second-order valence-electron chi connectivity index (χ2n) is 4.00. The monoisotopic (exact) mass is 326 g/mol. The lowest BCUT2D eigenvalue weighted by atomic mass is 10.1. The minimum absolute atomic E-state index is 0.0434. The average molecular weight is 328 g/mol. The van der Waals surface area contributed by atoms with Gasteiger partial charge in [-0.1, -0.05) is 52.3 Å². The van der Waals surface area contributed by atoms with Crippen LogP contribution in [-0.4, -0.2) is 22.2 Å². The van der Waals surface area contributed by atoms with E-state index in [4.69, 9.17) is 9.84 Å². The number of alkyl halides is 1. The summed E-state index contributed by atoms with van der Waals surface area (Å²) in [6.07, 6.45) is -1.47. The first kappa shape index (κ1) is 12.0. The van der Waals surface area contributed by atoms with E-state index >= 15 is 0 Å². The second-order valence-corrected chi connectivity index (χ2v) is 6.01. The molecule has 0 heterocycles. The van der Waals surface area contributed by atoms with Crippen LogP contribution in [0.3, 0.4) is 0 Å². The highest BCUT2D eigenvalue weighted by molar-refractivity contribution is 9.14. The summed E-state index contributed by atoms with van der Waals surface area (Å²) in [7, 11) is 0. The fourth-order valence-electron chi connectivity index (χ4n) is 1.69. The Hall–Kier alpha value is -0.0300. The zero-order valence-corrected chi connectivity index (χ0v) is 11.1. The van der Waals surface area contributed by atoms with Gasteiger partial charge in [0.15, 0.2) is 0 Å². The van der Waals surface area contributed by atoms with Crippen LogP contribution in [0.25, 0.3) is 0 Å². The zero-order valence-electron chi connectivity index (χ0n) is 7.96. The Morgan fingerprint density at radius 1 is 1.64 bits per heavy atom. The molecule has 0 bridgehead atoms. The van der Waals surface area contributed by atoms with E-state index in [1.54, 1.807) is 0 Å². The quantitative estimate of drug-likeness (QED) is 0.638. The number of hydrogen-bond donors (Lipinski definition) is 1. The third-order valence-corrected chi connectivity index (χ3v) is 4.88. The average Bonchev–Trinajstić information content (AvgIpc) is 2.50. The molecule has 0 aromatic heterocycles. The molecule has 3 nitrogen and oxygen atoms in total. The van der Waals surface area contributed by atoms with E-state index in [9.17, 15) is 4.79 Å². The summed E-state index contributed by atoms with van der Waals surface area (Å²) in [6, 6.07) is 0. The Kier molecular flexibility index (Phi) is 3.31. The molecular formula is C9H12Br2O3. The Labute approximate surface area is 99.8 Å². The molecule has 80 valence electrons. The maximum atomic E-state index is 10.4. The molecule has 1 saturated carbocycles. The molecule has 1 fully saturated rings. The number of carbonyl (C=O) groups is 1. The molecule has 0 amide bonds. The van der Waals surface area contributed by atoms with Crippen LogP contribution in [0, 0.1) is 11.3 Å². The number of ether oxygens (including phenoxy) is 1. The van der Waals surface area contributed by atoms with E-state index < -0.39 is 6.16 Å². The largest absolute Gasteiger partial charge is 0.506 e. The number of hydrogen-bond acceptors (Lipinski definition) is 2. The molecule has 1 N–H and O–H groups in total. The van der Waals surface area contributed by atoms with Crippen molar-refractivity contribution in [3.8, 4) is 0 Å². The highest BCUT2D eigenvalue weighted by Gasteiger charge is 2.63. The molecule has 0 radical (unpaired) electrons. The molecule has 0 aliphatic heterocycles. The summed E-state index contributed by atoms with van der Waals surface area (Å²) in [5, 5.41) is 8.52. The molecule has 0 aromatic rings. The Bertz CT molecular complexity index is 275. The lowest BCUT2D eigenvalue weighted by Gasteiger charge is -2.07. The zero-order chi connectivity index (χ0) is 11.1. The lowest BCUT2D eigenvalue weighted by Crippen LogP contribution is -2.09. The van der Waals surface area contributed by atoms with Crippen molar-refractivity contribution < 1.29 is 14.6 Å². The molecule has 14 heavy (non-hydrogen) atoms. The summed E-state index contributed by atoms with van der Waals surface area (Å²) >= 11 is 6.74. The highest BCUT2D eigenvalue weighted by Crippen LogP contribution is 2.59. The summed E-state index contributed by atoms with van der Waals surface area (Å²) in [6.45, 7) is 7.73. The summed E-state index contributed by atoms with van der Waals surface area (Å²) < 4.78 is 5.60. The van der Waals surface area contributed by atoms with E-state index in [0.29, 0.717) is 0 Å². The van der Waals surface area contributed by atoms with Gasteiger partial charge in [-0.25, -0.2) is 4.79 Å². The van der Waals surface area contributed by atoms with E-state index in [-0.39, 0.29) is 22.3 Å². The predicted molar refractivity (Wildman–Crippen MR) is 61.0 cm³/mol. The Morgan fingerprint density at radius 2 is 2.14 bits per heavy atom. The maximum Gasteiger partial charge on any atom is 0.506 e. The molecule has 5 heteroatoms. The lowest BCUT2D eigenvalue weighted by molar-refractivity contribution is 0.0724. The van der Waals surface area contributed by atoms with Crippen LogP contribution < -0.4 is 0 Å². The molecule has 1 aliphatic carbocycles. The van der Waals surface area contributed by atoms with Gasteiger partial charge in [0.25, 0.3) is 0 Å². The van der Waals surface area contributed by atoms with Crippen LogP contribution in [-0.2, 0) is 4.74 Å². The Balaban J connectivity index is 2.65. The van der Waals surface area contributed by atoms with Gasteiger partial charge in [0.05, 0.1) is 4.83 Å². The summed E-state index contributed by atoms with van der Waals surface area (Å²) in [4.78, 5) is 10.4. The number of halogens is 2. The highest BCUT2D eigenvalue weighted by atomic mass is 79.9. The predicted octanol–water partition coefficient (Wildman–Crippen LogP) is 3.38. The van der Waals surface area contributed by atoms with Crippen molar-refractivity contribution in [3.05, 3.63) is 11.1 Å².